The summed E-state index contributed by atoms with van der Waals surface area (Å²) in [5, 5.41) is 35.0. The smallest absolute Gasteiger partial charge is 0.175 e. The average Bonchev–Trinajstić information content (AvgIpc) is 2.75. The first-order chi connectivity index (χ1) is 13.0. The van der Waals surface area contributed by atoms with E-state index in [1.165, 1.54) is 7.11 Å². The maximum Gasteiger partial charge on any atom is 0.175 e. The van der Waals surface area contributed by atoms with E-state index >= 15 is 0 Å². The summed E-state index contributed by atoms with van der Waals surface area (Å²) in [5.74, 6) is -0.774. The molecule has 6 heteroatoms. The number of hydrogen-bond acceptors (Lipinski definition) is 6. The molecule has 1 aliphatic carbocycles. The summed E-state index contributed by atoms with van der Waals surface area (Å²) in [7, 11) is 1.39. The van der Waals surface area contributed by atoms with Crippen LogP contribution in [-0.2, 0) is 9.63 Å². The van der Waals surface area contributed by atoms with Crippen LogP contribution in [0.5, 0.6) is 0 Å². The van der Waals surface area contributed by atoms with Crippen molar-refractivity contribution in [2.45, 2.75) is 79.2 Å². The Hall–Kier alpha value is -1.69. The lowest BCUT2D eigenvalue weighted by atomic mass is 9.78. The normalized spacial score (nSPS) is 23.5. The first kappa shape index (κ1) is 24.3. The lowest BCUT2D eigenvalue weighted by Crippen LogP contribution is -2.47. The molecule has 0 radical (unpaired) electrons. The summed E-state index contributed by atoms with van der Waals surface area (Å²) in [6.07, 6.45) is 2.64. The van der Waals surface area contributed by atoms with Gasteiger partial charge in [-0.2, -0.15) is 0 Å². The fourth-order valence-corrected chi connectivity index (χ4v) is 3.66. The molecule has 0 unspecified atom stereocenters. The van der Waals surface area contributed by atoms with Gasteiger partial charge < -0.3 is 20.5 Å². The van der Waals surface area contributed by atoms with Crippen LogP contribution >= 0.6 is 0 Å². The van der Waals surface area contributed by atoms with E-state index in [-0.39, 0.29) is 28.7 Å². The molecule has 0 fully saturated rings. The van der Waals surface area contributed by atoms with Gasteiger partial charge in [0, 0.05) is 5.71 Å². The van der Waals surface area contributed by atoms with Crippen LogP contribution in [-0.4, -0.2) is 40.1 Å². The van der Waals surface area contributed by atoms with Gasteiger partial charge in [-0.3, -0.25) is 4.79 Å². The number of nitrogens with zero attached hydrogens (tertiary/aromatic N) is 1. The van der Waals surface area contributed by atoms with Gasteiger partial charge in [0.05, 0.1) is 17.2 Å². The van der Waals surface area contributed by atoms with Crippen molar-refractivity contribution in [2.75, 3.05) is 7.11 Å². The van der Waals surface area contributed by atoms with E-state index in [9.17, 15) is 15.0 Å². The molecule has 0 aromatic heterocycles. The van der Waals surface area contributed by atoms with Crippen molar-refractivity contribution in [1.29, 1.82) is 5.41 Å². The van der Waals surface area contributed by atoms with Crippen LogP contribution in [0.25, 0.3) is 0 Å². The maximum atomic E-state index is 13.2. The average molecular weight is 395 g/mol. The van der Waals surface area contributed by atoms with Crippen molar-refractivity contribution in [3.05, 3.63) is 11.3 Å². The van der Waals surface area contributed by atoms with Crippen LogP contribution in [0.3, 0.4) is 0 Å². The Morgan fingerprint density at radius 2 is 1.71 bits per heavy atom. The standard InChI is InChI=1S/C22H38N2O4/c1-13(2)8-10-16-20(25)19(17(23)12-15(5)6)21(26)22(16,27)18(24-28-7)11-9-14(3)4/h13-16,23,26-27H,8-12H2,1-7H3/b23-17?,24-18+/t16-,22+/m0/s1. The molecule has 1 rings (SSSR count). The molecule has 28 heavy (non-hydrogen) atoms. The van der Waals surface area contributed by atoms with Gasteiger partial charge in [-0.05, 0) is 43.4 Å². The number of nitrogens with one attached hydrogen (secondary N) is 1. The molecule has 0 heterocycles. The number of aliphatic hydroxyl groups excluding tert-OH is 1. The van der Waals surface area contributed by atoms with Crippen molar-refractivity contribution in [3.63, 3.8) is 0 Å². The monoisotopic (exact) mass is 394 g/mol. The van der Waals surface area contributed by atoms with Gasteiger partial charge in [0.2, 0.25) is 0 Å². The lowest BCUT2D eigenvalue weighted by Gasteiger charge is -2.31. The second-order valence-corrected chi connectivity index (χ2v) is 9.11. The summed E-state index contributed by atoms with van der Waals surface area (Å²) in [5.41, 5.74) is -1.62. The minimum Gasteiger partial charge on any atom is -0.508 e. The number of hydrogen-bond donors (Lipinski definition) is 3. The van der Waals surface area contributed by atoms with Crippen LogP contribution in [0, 0.1) is 29.1 Å². The molecule has 0 saturated carbocycles. The summed E-state index contributed by atoms with van der Waals surface area (Å²) >= 11 is 0. The topological polar surface area (TPSA) is 103 Å². The molecule has 0 aromatic rings. The highest BCUT2D eigenvalue weighted by atomic mass is 16.6. The maximum absolute atomic E-state index is 13.2. The molecule has 0 aliphatic heterocycles. The fraction of sp³-hybridized carbons (Fsp3) is 0.773. The first-order valence-corrected chi connectivity index (χ1v) is 10.3. The zero-order valence-corrected chi connectivity index (χ0v) is 18.5. The predicted octanol–water partition coefficient (Wildman–Crippen LogP) is 4.67. The third-order valence-corrected chi connectivity index (χ3v) is 5.21. The van der Waals surface area contributed by atoms with Crippen molar-refractivity contribution in [2.24, 2.45) is 28.8 Å². The lowest BCUT2D eigenvalue weighted by molar-refractivity contribution is -0.121. The number of allylic oxidation sites excluding steroid dienone is 1. The first-order valence-electron chi connectivity index (χ1n) is 10.3. The highest BCUT2D eigenvalue weighted by Gasteiger charge is 2.57. The van der Waals surface area contributed by atoms with Gasteiger partial charge >= 0.3 is 0 Å². The Morgan fingerprint density at radius 1 is 1.14 bits per heavy atom. The van der Waals surface area contributed by atoms with E-state index in [0.717, 1.165) is 12.8 Å². The van der Waals surface area contributed by atoms with Crippen LogP contribution in [0.15, 0.2) is 16.5 Å². The second kappa shape index (κ2) is 10.2. The Labute approximate surface area is 169 Å². The van der Waals surface area contributed by atoms with E-state index in [0.29, 0.717) is 31.1 Å². The minimum atomic E-state index is -1.91. The van der Waals surface area contributed by atoms with Gasteiger partial charge in [-0.15, -0.1) is 0 Å². The number of Topliss-reactive ketones (excluding diaryl/α,β-unsaturated/α-hetero) is 1. The van der Waals surface area contributed by atoms with Crippen LogP contribution in [0.2, 0.25) is 0 Å². The quantitative estimate of drug-likeness (QED) is 0.350. The fourth-order valence-electron chi connectivity index (χ4n) is 3.66. The molecule has 3 N–H and O–H groups in total. The van der Waals surface area contributed by atoms with E-state index in [2.05, 4.69) is 32.9 Å². The summed E-state index contributed by atoms with van der Waals surface area (Å²) < 4.78 is 0. The van der Waals surface area contributed by atoms with Crippen LogP contribution < -0.4 is 0 Å². The number of carbonyl (C=O) groups is 1. The molecular formula is C22H38N2O4. The molecule has 1 aliphatic rings. The molecule has 0 spiro atoms. The third-order valence-electron chi connectivity index (χ3n) is 5.21. The highest BCUT2D eigenvalue weighted by molar-refractivity contribution is 6.27. The Bertz CT molecular complexity index is 634. The van der Waals surface area contributed by atoms with E-state index in [1.807, 2.05) is 13.8 Å². The van der Waals surface area contributed by atoms with Crippen LogP contribution in [0.4, 0.5) is 0 Å². The van der Waals surface area contributed by atoms with Gasteiger partial charge in [0.15, 0.2) is 11.4 Å². The summed E-state index contributed by atoms with van der Waals surface area (Å²) in [4.78, 5) is 18.2. The zero-order valence-electron chi connectivity index (χ0n) is 18.5. The summed E-state index contributed by atoms with van der Waals surface area (Å²) in [6, 6.07) is 0. The summed E-state index contributed by atoms with van der Waals surface area (Å²) in [6.45, 7) is 12.1. The van der Waals surface area contributed by atoms with E-state index < -0.39 is 17.3 Å². The highest BCUT2D eigenvalue weighted by Crippen LogP contribution is 2.43. The Balaban J connectivity index is 3.45. The Morgan fingerprint density at radius 3 is 2.18 bits per heavy atom. The molecule has 0 bridgehead atoms. The predicted molar refractivity (Wildman–Crippen MR) is 113 cm³/mol. The third kappa shape index (κ3) is 5.43. The largest absolute Gasteiger partial charge is 0.508 e. The van der Waals surface area contributed by atoms with Crippen molar-refractivity contribution in [3.8, 4) is 0 Å². The molecule has 0 aromatic carbocycles. The Kier molecular flexibility index (Phi) is 8.86. The minimum absolute atomic E-state index is 0.0432. The number of rotatable bonds is 11. The second-order valence-electron chi connectivity index (χ2n) is 9.11. The molecule has 0 saturated heterocycles. The molecule has 6 nitrogen and oxygen atoms in total. The SMILES string of the molecule is CO/N=C(\CCC(C)C)[C@@]1(O)C(O)=C(C(=N)CC(C)C)C(=O)[C@@H]1CCC(C)C. The van der Waals surface area contributed by atoms with Crippen molar-refractivity contribution >= 4 is 17.2 Å². The molecule has 0 amide bonds. The molecule has 160 valence electrons. The van der Waals surface area contributed by atoms with Crippen molar-refractivity contribution < 1.29 is 19.8 Å². The van der Waals surface area contributed by atoms with Crippen LogP contribution in [0.1, 0.15) is 73.6 Å². The van der Waals surface area contributed by atoms with E-state index in [4.69, 9.17) is 10.2 Å². The molecule has 2 atom stereocenters. The molecular weight excluding hydrogens is 356 g/mol. The van der Waals surface area contributed by atoms with Gasteiger partial charge in [0.25, 0.3) is 0 Å². The van der Waals surface area contributed by atoms with Gasteiger partial charge in [0.1, 0.15) is 12.9 Å². The number of oxime groups is 1. The van der Waals surface area contributed by atoms with Gasteiger partial charge in [-0.1, -0.05) is 53.1 Å². The number of ketones is 1. The number of carbonyl (C=O) groups excluding carboxylic acids is 1. The van der Waals surface area contributed by atoms with Gasteiger partial charge in [-0.25, -0.2) is 0 Å². The zero-order chi connectivity index (χ0) is 21.6. The number of aliphatic hydroxyl groups is 2. The van der Waals surface area contributed by atoms with E-state index in [1.54, 1.807) is 0 Å². The van der Waals surface area contributed by atoms with Crippen molar-refractivity contribution in [1.82, 2.24) is 0 Å².